The predicted molar refractivity (Wildman–Crippen MR) is 76.6 cm³/mol. The molecule has 2 aromatic carbocycles. The minimum Gasteiger partial charge on any atom is -0.366 e. The molecule has 0 aliphatic carbocycles. The number of hydrogen-bond acceptors (Lipinski definition) is 2. The van der Waals surface area contributed by atoms with Crippen LogP contribution in [0.1, 0.15) is 28.9 Å². The van der Waals surface area contributed by atoms with Gasteiger partial charge in [-0.3, -0.25) is 4.79 Å². The first kappa shape index (κ1) is 13.8. The van der Waals surface area contributed by atoms with Gasteiger partial charge < -0.3 is 4.74 Å². The molecule has 3 heteroatoms. The lowest BCUT2D eigenvalue weighted by Gasteiger charge is -2.16. The second kappa shape index (κ2) is 6.50. The van der Waals surface area contributed by atoms with Crippen molar-refractivity contribution in [3.05, 3.63) is 70.7 Å². The quantitative estimate of drug-likeness (QED) is 0.760. The molecule has 0 saturated heterocycles. The summed E-state index contributed by atoms with van der Waals surface area (Å²) in [7, 11) is 0. The van der Waals surface area contributed by atoms with Crippen LogP contribution in [0.15, 0.2) is 54.6 Å². The van der Waals surface area contributed by atoms with Gasteiger partial charge in [0.2, 0.25) is 0 Å². The van der Waals surface area contributed by atoms with Crippen LogP contribution in [0.2, 0.25) is 5.02 Å². The number of rotatable bonds is 5. The summed E-state index contributed by atoms with van der Waals surface area (Å²) in [5.41, 5.74) is 1.47. The van der Waals surface area contributed by atoms with Crippen molar-refractivity contribution in [3.63, 3.8) is 0 Å². The number of hydrogen-bond donors (Lipinski definition) is 0. The van der Waals surface area contributed by atoms with E-state index in [2.05, 4.69) is 0 Å². The summed E-state index contributed by atoms with van der Waals surface area (Å²) in [5, 5.41) is 0.615. The molecule has 2 nitrogen and oxygen atoms in total. The second-order valence-corrected chi connectivity index (χ2v) is 4.55. The third-order valence-electron chi connectivity index (χ3n) is 2.80. The lowest BCUT2D eigenvalue weighted by molar-refractivity contribution is 0.0452. The third kappa shape index (κ3) is 3.43. The van der Waals surface area contributed by atoms with Gasteiger partial charge in [0, 0.05) is 17.2 Å². The molecular formula is C16H15ClO2. The molecule has 19 heavy (non-hydrogen) atoms. The SMILES string of the molecule is CCOC(C(=O)c1ccc(Cl)cc1)c1ccccc1. The van der Waals surface area contributed by atoms with Gasteiger partial charge in [-0.25, -0.2) is 0 Å². The van der Waals surface area contributed by atoms with Crippen LogP contribution in [-0.4, -0.2) is 12.4 Å². The topological polar surface area (TPSA) is 26.3 Å². The number of ether oxygens (including phenoxy) is 1. The Morgan fingerprint density at radius 3 is 2.32 bits per heavy atom. The average Bonchev–Trinajstić information content (AvgIpc) is 2.46. The zero-order valence-electron chi connectivity index (χ0n) is 10.7. The van der Waals surface area contributed by atoms with Crippen molar-refractivity contribution in [1.82, 2.24) is 0 Å². The van der Waals surface area contributed by atoms with Gasteiger partial charge in [0.25, 0.3) is 0 Å². The normalized spacial score (nSPS) is 12.1. The molecule has 0 bridgehead atoms. The maximum atomic E-state index is 12.5. The van der Waals surface area contributed by atoms with E-state index in [0.29, 0.717) is 17.2 Å². The highest BCUT2D eigenvalue weighted by Crippen LogP contribution is 2.23. The number of Topliss-reactive ketones (excluding diaryl/α,β-unsaturated/α-hetero) is 1. The van der Waals surface area contributed by atoms with Crippen LogP contribution in [0.25, 0.3) is 0 Å². The molecule has 0 N–H and O–H groups in total. The van der Waals surface area contributed by atoms with E-state index in [4.69, 9.17) is 16.3 Å². The molecule has 98 valence electrons. The molecule has 0 aromatic heterocycles. The van der Waals surface area contributed by atoms with E-state index >= 15 is 0 Å². The Labute approximate surface area is 118 Å². The van der Waals surface area contributed by atoms with Gasteiger partial charge in [-0.05, 0) is 36.8 Å². The van der Waals surface area contributed by atoms with Gasteiger partial charge in [0.15, 0.2) is 5.78 Å². The van der Waals surface area contributed by atoms with E-state index < -0.39 is 6.10 Å². The molecule has 0 radical (unpaired) electrons. The highest BCUT2D eigenvalue weighted by atomic mass is 35.5. The first-order chi connectivity index (χ1) is 9.22. The molecular weight excluding hydrogens is 260 g/mol. The summed E-state index contributed by atoms with van der Waals surface area (Å²) in [5.74, 6) is -0.0512. The maximum absolute atomic E-state index is 12.5. The molecule has 0 aliphatic rings. The number of halogens is 1. The van der Waals surface area contributed by atoms with E-state index in [-0.39, 0.29) is 5.78 Å². The fourth-order valence-electron chi connectivity index (χ4n) is 1.88. The van der Waals surface area contributed by atoms with Crippen LogP contribution in [0.5, 0.6) is 0 Å². The van der Waals surface area contributed by atoms with E-state index in [1.54, 1.807) is 24.3 Å². The molecule has 1 unspecified atom stereocenters. The van der Waals surface area contributed by atoms with Gasteiger partial charge in [0.05, 0.1) is 0 Å². The van der Waals surface area contributed by atoms with Crippen molar-refractivity contribution in [2.75, 3.05) is 6.61 Å². The summed E-state index contributed by atoms with van der Waals surface area (Å²) >= 11 is 5.83. The Bertz CT molecular complexity index is 534. The lowest BCUT2D eigenvalue weighted by atomic mass is 10.00. The molecule has 0 saturated carbocycles. The van der Waals surface area contributed by atoms with Crippen molar-refractivity contribution in [2.24, 2.45) is 0 Å². The fraction of sp³-hybridized carbons (Fsp3) is 0.188. The molecule has 0 fully saturated rings. The van der Waals surface area contributed by atoms with Crippen LogP contribution in [0, 0.1) is 0 Å². The zero-order valence-corrected chi connectivity index (χ0v) is 11.4. The van der Waals surface area contributed by atoms with Crippen molar-refractivity contribution in [2.45, 2.75) is 13.0 Å². The molecule has 0 heterocycles. The van der Waals surface area contributed by atoms with Crippen molar-refractivity contribution >= 4 is 17.4 Å². The average molecular weight is 275 g/mol. The maximum Gasteiger partial charge on any atom is 0.196 e. The molecule has 1 atom stereocenters. The number of carbonyl (C=O) groups excluding carboxylic acids is 1. The first-order valence-electron chi connectivity index (χ1n) is 6.18. The number of carbonyl (C=O) groups is 1. The second-order valence-electron chi connectivity index (χ2n) is 4.12. The first-order valence-corrected chi connectivity index (χ1v) is 6.56. The third-order valence-corrected chi connectivity index (χ3v) is 3.05. The van der Waals surface area contributed by atoms with E-state index in [1.165, 1.54) is 0 Å². The Balaban J connectivity index is 2.29. The highest BCUT2D eigenvalue weighted by Gasteiger charge is 2.21. The minimum absolute atomic E-state index is 0.0512. The van der Waals surface area contributed by atoms with Crippen LogP contribution in [0.4, 0.5) is 0 Å². The summed E-state index contributed by atoms with van der Waals surface area (Å²) in [6.07, 6.45) is -0.563. The van der Waals surface area contributed by atoms with E-state index in [0.717, 1.165) is 5.56 Å². The zero-order chi connectivity index (χ0) is 13.7. The molecule has 2 rings (SSSR count). The molecule has 0 amide bonds. The van der Waals surface area contributed by atoms with Gasteiger partial charge in [0.1, 0.15) is 6.10 Å². The summed E-state index contributed by atoms with van der Waals surface area (Å²) in [6, 6.07) is 16.4. The minimum atomic E-state index is -0.563. The van der Waals surface area contributed by atoms with E-state index in [1.807, 2.05) is 37.3 Å². The lowest BCUT2D eigenvalue weighted by Crippen LogP contribution is -2.16. The van der Waals surface area contributed by atoms with Crippen molar-refractivity contribution in [3.8, 4) is 0 Å². The fourth-order valence-corrected chi connectivity index (χ4v) is 2.01. The van der Waals surface area contributed by atoms with Crippen LogP contribution in [0.3, 0.4) is 0 Å². The Hall–Kier alpha value is -1.64. The molecule has 0 aliphatic heterocycles. The smallest absolute Gasteiger partial charge is 0.196 e. The number of ketones is 1. The van der Waals surface area contributed by atoms with Crippen molar-refractivity contribution < 1.29 is 9.53 Å². The Kier molecular flexibility index (Phi) is 4.72. The summed E-state index contributed by atoms with van der Waals surface area (Å²) in [4.78, 5) is 12.5. The van der Waals surface area contributed by atoms with Crippen LogP contribution < -0.4 is 0 Å². The largest absolute Gasteiger partial charge is 0.366 e. The van der Waals surface area contributed by atoms with Crippen LogP contribution in [-0.2, 0) is 4.74 Å². The highest BCUT2D eigenvalue weighted by molar-refractivity contribution is 6.30. The van der Waals surface area contributed by atoms with E-state index in [9.17, 15) is 4.79 Å². The van der Waals surface area contributed by atoms with Gasteiger partial charge in [-0.1, -0.05) is 41.9 Å². The van der Waals surface area contributed by atoms with Gasteiger partial charge in [-0.15, -0.1) is 0 Å². The monoisotopic (exact) mass is 274 g/mol. The summed E-state index contributed by atoms with van der Waals surface area (Å²) < 4.78 is 5.59. The van der Waals surface area contributed by atoms with Crippen molar-refractivity contribution in [1.29, 1.82) is 0 Å². The Morgan fingerprint density at radius 1 is 1.11 bits per heavy atom. The molecule has 0 spiro atoms. The van der Waals surface area contributed by atoms with Gasteiger partial charge >= 0.3 is 0 Å². The predicted octanol–water partition coefficient (Wildman–Crippen LogP) is 4.30. The standard InChI is InChI=1S/C16H15ClO2/c1-2-19-16(13-6-4-3-5-7-13)15(18)12-8-10-14(17)11-9-12/h3-11,16H,2H2,1H3. The Morgan fingerprint density at radius 2 is 1.74 bits per heavy atom. The van der Waals surface area contributed by atoms with Crippen LogP contribution >= 0.6 is 11.6 Å². The molecule has 2 aromatic rings. The summed E-state index contributed by atoms with van der Waals surface area (Å²) in [6.45, 7) is 2.37. The van der Waals surface area contributed by atoms with Gasteiger partial charge in [-0.2, -0.15) is 0 Å². The number of benzene rings is 2.